The average Bonchev–Trinajstić information content (AvgIpc) is 2.34. The van der Waals surface area contributed by atoms with Crippen molar-refractivity contribution in [2.75, 3.05) is 14.2 Å². The second-order valence-corrected chi connectivity index (χ2v) is 4.50. The van der Waals surface area contributed by atoms with Crippen LogP contribution in [0.15, 0.2) is 23.1 Å². The molecule has 0 radical (unpaired) electrons. The molecule has 0 unspecified atom stereocenters. The normalized spacial score (nSPS) is 10.3. The summed E-state index contributed by atoms with van der Waals surface area (Å²) in [5.74, 6) is -1.98. The number of benzene rings is 1. The van der Waals surface area contributed by atoms with E-state index in [1.807, 2.05) is 0 Å². The molecule has 0 aliphatic rings. The van der Waals surface area contributed by atoms with Crippen LogP contribution in [-0.2, 0) is 19.6 Å². The quantitative estimate of drug-likeness (QED) is 0.467. The molecule has 100 valence electrons. The molecule has 7 nitrogen and oxygen atoms in total. The van der Waals surface area contributed by atoms with Crippen LogP contribution in [0.3, 0.4) is 0 Å². The van der Waals surface area contributed by atoms with Crippen LogP contribution in [0.2, 0.25) is 0 Å². The van der Waals surface area contributed by atoms with Crippen molar-refractivity contribution in [1.29, 1.82) is 0 Å². The third-order valence-electron chi connectivity index (χ3n) is 2.08. The number of hydrogen-bond acceptors (Lipinski definition) is 6. The standard InChI is InChI=1S/C10H10O7S.Li.H/c1-16-9(11)6-4-3-5-7(10(12)17-2)8(6)18(13,14)15;;/h3-5H,1-2H3,(H,13,14,15);;. The summed E-state index contributed by atoms with van der Waals surface area (Å²) < 4.78 is 40.4. The minimum atomic E-state index is -4.78. The predicted molar refractivity (Wildman–Crippen MR) is 66.1 cm³/mol. The second kappa shape index (κ2) is 6.72. The van der Waals surface area contributed by atoms with E-state index in [1.165, 1.54) is 6.07 Å². The summed E-state index contributed by atoms with van der Waals surface area (Å²) in [4.78, 5) is 22.0. The molecule has 0 aliphatic carbocycles. The van der Waals surface area contributed by atoms with Gasteiger partial charge in [-0.1, -0.05) is 6.07 Å². The third kappa shape index (κ3) is 3.81. The van der Waals surface area contributed by atoms with Crippen LogP contribution >= 0.6 is 0 Å². The van der Waals surface area contributed by atoms with Crippen molar-refractivity contribution in [1.82, 2.24) is 0 Å². The van der Waals surface area contributed by atoms with Gasteiger partial charge in [0.2, 0.25) is 0 Å². The topological polar surface area (TPSA) is 107 Å². The molecule has 1 rings (SSSR count). The Morgan fingerprint density at radius 3 is 1.68 bits per heavy atom. The first-order chi connectivity index (χ1) is 8.32. The second-order valence-electron chi connectivity index (χ2n) is 3.14. The molecule has 19 heavy (non-hydrogen) atoms. The number of esters is 2. The molecule has 0 aliphatic heterocycles. The van der Waals surface area contributed by atoms with Crippen molar-refractivity contribution in [3.63, 3.8) is 0 Å². The first kappa shape index (κ1) is 17.7. The molecular weight excluding hydrogens is 271 g/mol. The maximum absolute atomic E-state index is 11.4. The number of rotatable bonds is 3. The molecule has 0 atom stereocenters. The minimum absolute atomic E-state index is 0. The fourth-order valence-corrected chi connectivity index (χ4v) is 2.21. The Morgan fingerprint density at radius 2 is 1.42 bits per heavy atom. The molecule has 0 bridgehead atoms. The summed E-state index contributed by atoms with van der Waals surface area (Å²) in [7, 11) is -2.69. The maximum atomic E-state index is 11.4. The van der Waals surface area contributed by atoms with Crippen molar-refractivity contribution in [2.45, 2.75) is 4.90 Å². The van der Waals surface area contributed by atoms with Gasteiger partial charge in [-0.15, -0.1) is 0 Å². The van der Waals surface area contributed by atoms with E-state index in [0.29, 0.717) is 0 Å². The van der Waals surface area contributed by atoms with Crippen molar-refractivity contribution in [3.05, 3.63) is 29.3 Å². The Balaban J connectivity index is 0.00000324. The molecule has 0 saturated carbocycles. The summed E-state index contributed by atoms with van der Waals surface area (Å²) >= 11 is 0. The SMILES string of the molecule is COC(=O)c1cccc(C(=O)OC)c1S(=O)(=O)O.[LiH]. The van der Waals surface area contributed by atoms with Crippen molar-refractivity contribution < 1.29 is 32.0 Å². The van der Waals surface area contributed by atoms with Crippen LogP contribution in [0.4, 0.5) is 0 Å². The third-order valence-corrected chi connectivity index (χ3v) is 3.04. The van der Waals surface area contributed by atoms with E-state index in [2.05, 4.69) is 9.47 Å². The van der Waals surface area contributed by atoms with Gasteiger partial charge in [0.1, 0.15) is 4.90 Å². The zero-order valence-corrected chi connectivity index (χ0v) is 10.4. The molecule has 0 amide bonds. The fraction of sp³-hybridized carbons (Fsp3) is 0.200. The molecule has 0 fully saturated rings. The molecule has 1 aromatic rings. The number of carbonyl (C=O) groups excluding carboxylic acids is 2. The van der Waals surface area contributed by atoms with Gasteiger partial charge in [0.15, 0.2) is 0 Å². The van der Waals surface area contributed by atoms with Gasteiger partial charge in [0.25, 0.3) is 10.1 Å². The molecule has 0 saturated heterocycles. The van der Waals surface area contributed by atoms with Crippen molar-refractivity contribution >= 4 is 40.9 Å². The van der Waals surface area contributed by atoms with Crippen LogP contribution < -0.4 is 0 Å². The average molecular weight is 282 g/mol. The summed E-state index contributed by atoms with van der Waals surface area (Å²) in [6, 6.07) is 3.50. The van der Waals surface area contributed by atoms with Gasteiger partial charge in [0, 0.05) is 0 Å². The van der Waals surface area contributed by atoms with Crippen LogP contribution in [0.25, 0.3) is 0 Å². The van der Waals surface area contributed by atoms with Gasteiger partial charge in [0.05, 0.1) is 25.3 Å². The van der Waals surface area contributed by atoms with E-state index in [-0.39, 0.29) is 18.9 Å². The van der Waals surface area contributed by atoms with Crippen molar-refractivity contribution in [3.8, 4) is 0 Å². The molecular formula is C10H11LiO7S. The Labute approximate surface area is 121 Å². The molecule has 0 spiro atoms. The summed E-state index contributed by atoms with van der Waals surface area (Å²) in [5, 5.41) is 0. The number of hydrogen-bond donors (Lipinski definition) is 1. The Morgan fingerprint density at radius 1 is 1.05 bits per heavy atom. The Bertz CT molecular complexity index is 560. The molecule has 1 aromatic carbocycles. The van der Waals surface area contributed by atoms with Gasteiger partial charge in [-0.25, -0.2) is 9.59 Å². The van der Waals surface area contributed by atoms with E-state index in [4.69, 9.17) is 4.55 Å². The first-order valence-electron chi connectivity index (χ1n) is 4.60. The zero-order valence-electron chi connectivity index (χ0n) is 9.54. The van der Waals surface area contributed by atoms with E-state index in [0.717, 1.165) is 26.4 Å². The van der Waals surface area contributed by atoms with Crippen LogP contribution in [0, 0.1) is 0 Å². The monoisotopic (exact) mass is 282 g/mol. The number of carbonyl (C=O) groups is 2. The Kier molecular flexibility index (Phi) is 6.25. The summed E-state index contributed by atoms with van der Waals surface area (Å²) in [6.45, 7) is 0. The zero-order chi connectivity index (χ0) is 13.9. The number of methoxy groups -OCH3 is 2. The fourth-order valence-electron chi connectivity index (χ4n) is 1.36. The van der Waals surface area contributed by atoms with Gasteiger partial charge >= 0.3 is 30.8 Å². The van der Waals surface area contributed by atoms with E-state index >= 15 is 0 Å². The van der Waals surface area contributed by atoms with Crippen LogP contribution in [0.1, 0.15) is 20.7 Å². The molecule has 1 N–H and O–H groups in total. The van der Waals surface area contributed by atoms with E-state index in [9.17, 15) is 18.0 Å². The van der Waals surface area contributed by atoms with Crippen LogP contribution in [-0.4, -0.2) is 58.0 Å². The van der Waals surface area contributed by atoms with E-state index in [1.54, 1.807) is 0 Å². The number of ether oxygens (including phenoxy) is 2. The van der Waals surface area contributed by atoms with Gasteiger partial charge in [-0.3, -0.25) is 4.55 Å². The summed E-state index contributed by atoms with van der Waals surface area (Å²) in [6.07, 6.45) is 0. The molecule has 9 heteroatoms. The molecule has 0 heterocycles. The van der Waals surface area contributed by atoms with Crippen molar-refractivity contribution in [2.24, 2.45) is 0 Å². The van der Waals surface area contributed by atoms with Crippen LogP contribution in [0.5, 0.6) is 0 Å². The predicted octanol–water partition coefficient (Wildman–Crippen LogP) is -0.142. The first-order valence-corrected chi connectivity index (χ1v) is 6.04. The van der Waals surface area contributed by atoms with Gasteiger partial charge < -0.3 is 9.47 Å². The Hall–Kier alpha value is -1.33. The summed E-state index contributed by atoms with van der Waals surface area (Å²) in [5.41, 5.74) is -0.884. The van der Waals surface area contributed by atoms with Gasteiger partial charge in [-0.05, 0) is 12.1 Å². The van der Waals surface area contributed by atoms with Gasteiger partial charge in [-0.2, -0.15) is 8.42 Å². The molecule has 0 aromatic heterocycles. The van der Waals surface area contributed by atoms with E-state index < -0.39 is 38.1 Å².